The average molecular weight is 223 g/mol. The van der Waals surface area contributed by atoms with Gasteiger partial charge in [-0.05, 0) is 26.7 Å². The lowest BCUT2D eigenvalue weighted by atomic mass is 10.3. The molecule has 0 radical (unpaired) electrons. The minimum absolute atomic E-state index is 0.342. The van der Waals surface area contributed by atoms with Crippen LogP contribution in [0, 0.1) is 0 Å². The van der Waals surface area contributed by atoms with Gasteiger partial charge in [-0.1, -0.05) is 0 Å². The van der Waals surface area contributed by atoms with Crippen molar-refractivity contribution in [2.24, 2.45) is 10.7 Å². The second-order valence-corrected chi connectivity index (χ2v) is 4.07. The van der Waals surface area contributed by atoms with E-state index in [1.54, 1.807) is 6.20 Å². The van der Waals surface area contributed by atoms with Gasteiger partial charge in [0.15, 0.2) is 5.96 Å². The molecule has 0 aromatic carbocycles. The van der Waals surface area contributed by atoms with Crippen LogP contribution in [-0.4, -0.2) is 28.1 Å². The van der Waals surface area contributed by atoms with Crippen LogP contribution in [-0.2, 0) is 6.54 Å². The second kappa shape index (κ2) is 6.87. The van der Waals surface area contributed by atoms with E-state index in [2.05, 4.69) is 19.9 Å². The number of aryl methyl sites for hydroxylation is 1. The van der Waals surface area contributed by atoms with Crippen LogP contribution in [0.15, 0.2) is 23.7 Å². The summed E-state index contributed by atoms with van der Waals surface area (Å²) in [6.07, 6.45) is 7.73. The summed E-state index contributed by atoms with van der Waals surface area (Å²) in [4.78, 5) is 8.23. The van der Waals surface area contributed by atoms with E-state index < -0.39 is 0 Å². The summed E-state index contributed by atoms with van der Waals surface area (Å²) in [5, 5.41) is 3.06. The number of guanidine groups is 1. The number of unbranched alkanes of at least 4 members (excludes halogenated alkanes) is 1. The predicted molar refractivity (Wildman–Crippen MR) is 66.2 cm³/mol. The topological polar surface area (TPSA) is 68.2 Å². The molecule has 0 aliphatic carbocycles. The zero-order chi connectivity index (χ0) is 11.8. The van der Waals surface area contributed by atoms with Crippen molar-refractivity contribution >= 4 is 5.96 Å². The van der Waals surface area contributed by atoms with E-state index in [0.717, 1.165) is 25.9 Å². The van der Waals surface area contributed by atoms with E-state index in [4.69, 9.17) is 5.73 Å². The van der Waals surface area contributed by atoms with Crippen LogP contribution in [0.1, 0.15) is 26.7 Å². The Kier molecular flexibility index (Phi) is 5.39. The number of imidazole rings is 1. The normalized spacial score (nSPS) is 12.1. The molecule has 0 aliphatic heterocycles. The fourth-order valence-corrected chi connectivity index (χ4v) is 1.37. The number of hydrogen-bond acceptors (Lipinski definition) is 2. The lowest BCUT2D eigenvalue weighted by Crippen LogP contribution is -2.36. The zero-order valence-electron chi connectivity index (χ0n) is 10.1. The minimum Gasteiger partial charge on any atom is -0.370 e. The predicted octanol–water partition coefficient (Wildman–Crippen LogP) is 0.976. The quantitative estimate of drug-likeness (QED) is 0.429. The molecular formula is C11H21N5. The average Bonchev–Trinajstić information content (AvgIpc) is 2.68. The van der Waals surface area contributed by atoms with Gasteiger partial charge in [0.25, 0.3) is 0 Å². The van der Waals surface area contributed by atoms with Gasteiger partial charge < -0.3 is 15.6 Å². The summed E-state index contributed by atoms with van der Waals surface area (Å²) in [7, 11) is 0. The third kappa shape index (κ3) is 5.38. The summed E-state index contributed by atoms with van der Waals surface area (Å²) in [6, 6.07) is 0.342. The Bertz CT molecular complexity index is 302. The molecule has 1 rings (SSSR count). The standard InChI is InChI=1S/C11H21N5/c1-10(2)15-11(12)14-5-3-4-7-16-8-6-13-9-16/h6,8-10H,3-5,7H2,1-2H3,(H3,12,14,15). The molecule has 5 nitrogen and oxygen atoms in total. The van der Waals surface area contributed by atoms with Crippen molar-refractivity contribution in [3.8, 4) is 0 Å². The first-order valence-electron chi connectivity index (χ1n) is 5.70. The van der Waals surface area contributed by atoms with Crippen molar-refractivity contribution < 1.29 is 0 Å². The smallest absolute Gasteiger partial charge is 0.188 e. The highest BCUT2D eigenvalue weighted by molar-refractivity contribution is 5.77. The van der Waals surface area contributed by atoms with Gasteiger partial charge in [-0.25, -0.2) is 4.98 Å². The van der Waals surface area contributed by atoms with Crippen molar-refractivity contribution in [1.82, 2.24) is 14.9 Å². The molecule has 0 amide bonds. The number of nitrogens with zero attached hydrogens (tertiary/aromatic N) is 3. The van der Waals surface area contributed by atoms with E-state index in [1.807, 2.05) is 26.4 Å². The molecule has 0 unspecified atom stereocenters. The number of nitrogens with two attached hydrogens (primary N) is 1. The Morgan fingerprint density at radius 2 is 2.31 bits per heavy atom. The Morgan fingerprint density at radius 3 is 2.94 bits per heavy atom. The third-order valence-electron chi connectivity index (χ3n) is 2.10. The minimum atomic E-state index is 0.342. The molecular weight excluding hydrogens is 202 g/mol. The Morgan fingerprint density at radius 1 is 1.50 bits per heavy atom. The van der Waals surface area contributed by atoms with Gasteiger partial charge in [0, 0.05) is 31.5 Å². The maximum atomic E-state index is 5.68. The number of nitrogens with one attached hydrogen (secondary N) is 1. The Balaban J connectivity index is 2.07. The van der Waals surface area contributed by atoms with Gasteiger partial charge in [-0.3, -0.25) is 4.99 Å². The molecule has 1 aromatic heterocycles. The van der Waals surface area contributed by atoms with Crippen molar-refractivity contribution in [3.05, 3.63) is 18.7 Å². The molecule has 0 saturated heterocycles. The first-order valence-corrected chi connectivity index (χ1v) is 5.70. The van der Waals surface area contributed by atoms with E-state index in [0.29, 0.717) is 12.0 Å². The van der Waals surface area contributed by atoms with Gasteiger partial charge in [0.2, 0.25) is 0 Å². The fraction of sp³-hybridized carbons (Fsp3) is 0.636. The van der Waals surface area contributed by atoms with Crippen molar-refractivity contribution in [2.45, 2.75) is 39.3 Å². The molecule has 0 spiro atoms. The lowest BCUT2D eigenvalue weighted by molar-refractivity contribution is 0.613. The van der Waals surface area contributed by atoms with E-state index in [1.165, 1.54) is 0 Å². The monoisotopic (exact) mass is 223 g/mol. The zero-order valence-corrected chi connectivity index (χ0v) is 10.1. The second-order valence-electron chi connectivity index (χ2n) is 4.07. The van der Waals surface area contributed by atoms with Crippen LogP contribution in [0.2, 0.25) is 0 Å². The largest absolute Gasteiger partial charge is 0.370 e. The van der Waals surface area contributed by atoms with E-state index in [-0.39, 0.29) is 0 Å². The first-order chi connectivity index (χ1) is 7.68. The van der Waals surface area contributed by atoms with Crippen molar-refractivity contribution in [2.75, 3.05) is 6.54 Å². The van der Waals surface area contributed by atoms with Gasteiger partial charge in [0.05, 0.1) is 6.33 Å². The van der Waals surface area contributed by atoms with Crippen molar-refractivity contribution in [1.29, 1.82) is 0 Å². The number of rotatable bonds is 6. The van der Waals surface area contributed by atoms with Gasteiger partial charge in [-0.2, -0.15) is 0 Å². The Labute approximate surface area is 96.8 Å². The maximum absolute atomic E-state index is 5.68. The summed E-state index contributed by atoms with van der Waals surface area (Å²) in [5.41, 5.74) is 5.68. The molecule has 1 aromatic rings. The highest BCUT2D eigenvalue weighted by atomic mass is 15.1. The molecule has 16 heavy (non-hydrogen) atoms. The summed E-state index contributed by atoms with van der Waals surface area (Å²) in [5.74, 6) is 0.539. The third-order valence-corrected chi connectivity index (χ3v) is 2.10. The lowest BCUT2D eigenvalue weighted by Gasteiger charge is -2.08. The van der Waals surface area contributed by atoms with Crippen LogP contribution >= 0.6 is 0 Å². The number of hydrogen-bond donors (Lipinski definition) is 2. The number of aromatic nitrogens is 2. The summed E-state index contributed by atoms with van der Waals surface area (Å²) < 4.78 is 2.07. The molecule has 90 valence electrons. The van der Waals surface area contributed by atoms with Crippen LogP contribution < -0.4 is 11.1 Å². The molecule has 0 bridgehead atoms. The molecule has 1 heterocycles. The molecule has 0 fully saturated rings. The van der Waals surface area contributed by atoms with Gasteiger partial charge in [-0.15, -0.1) is 0 Å². The first kappa shape index (κ1) is 12.5. The van der Waals surface area contributed by atoms with Crippen LogP contribution in [0.25, 0.3) is 0 Å². The number of aliphatic imine (C=N–C) groups is 1. The van der Waals surface area contributed by atoms with E-state index >= 15 is 0 Å². The fourth-order valence-electron chi connectivity index (χ4n) is 1.37. The van der Waals surface area contributed by atoms with E-state index in [9.17, 15) is 0 Å². The van der Waals surface area contributed by atoms with Crippen LogP contribution in [0.4, 0.5) is 0 Å². The molecule has 0 saturated carbocycles. The van der Waals surface area contributed by atoms with Crippen LogP contribution in [0.5, 0.6) is 0 Å². The summed E-state index contributed by atoms with van der Waals surface area (Å²) in [6.45, 7) is 5.86. The SMILES string of the molecule is CC(C)NC(N)=NCCCCn1ccnc1. The molecule has 0 aliphatic rings. The van der Waals surface area contributed by atoms with Crippen LogP contribution in [0.3, 0.4) is 0 Å². The summed E-state index contributed by atoms with van der Waals surface area (Å²) >= 11 is 0. The maximum Gasteiger partial charge on any atom is 0.188 e. The molecule has 5 heteroatoms. The highest BCUT2D eigenvalue weighted by Gasteiger charge is 1.94. The van der Waals surface area contributed by atoms with Gasteiger partial charge in [0.1, 0.15) is 0 Å². The Hall–Kier alpha value is -1.52. The van der Waals surface area contributed by atoms with Gasteiger partial charge >= 0.3 is 0 Å². The van der Waals surface area contributed by atoms with Crippen molar-refractivity contribution in [3.63, 3.8) is 0 Å². The molecule has 0 atom stereocenters. The highest BCUT2D eigenvalue weighted by Crippen LogP contribution is 1.95. The molecule has 3 N–H and O–H groups in total.